The normalized spacial score (nSPS) is 11.0. The highest BCUT2D eigenvalue weighted by atomic mass is 16.3. The lowest BCUT2D eigenvalue weighted by molar-refractivity contribution is 0.392. The van der Waals surface area contributed by atoms with Crippen LogP contribution in [0.5, 0.6) is 34.5 Å². The largest absolute Gasteiger partial charge is 0.506 e. The van der Waals surface area contributed by atoms with Crippen molar-refractivity contribution in [3.8, 4) is 45.6 Å². The zero-order valence-electron chi connectivity index (χ0n) is 11.6. The molecule has 7 nitrogen and oxygen atoms in total. The Hall–Kier alpha value is -3.48. The SMILES string of the molecule is Nc1c(O)c(O)c2c(O)c(-c3ccccc3)c(O)c(O)c2c1O. The summed E-state index contributed by atoms with van der Waals surface area (Å²) in [5.41, 5.74) is 5.04. The Morgan fingerprint density at radius 1 is 0.565 bits per heavy atom. The highest BCUT2D eigenvalue weighted by molar-refractivity contribution is 6.11. The molecular weight excluding hydrogens is 302 g/mol. The Bertz CT molecular complexity index is 937. The maximum atomic E-state index is 10.4. The van der Waals surface area contributed by atoms with Crippen LogP contribution in [0.2, 0.25) is 0 Å². The van der Waals surface area contributed by atoms with Crippen LogP contribution in [0.1, 0.15) is 0 Å². The minimum atomic E-state index is -0.839. The third-order valence-corrected chi connectivity index (χ3v) is 3.69. The summed E-state index contributed by atoms with van der Waals surface area (Å²) in [6.07, 6.45) is 0. The standard InChI is InChI=1S/C16H13NO6/c17-10-12(19)9-8(15(22)16(10)23)11(18)7(13(20)14(9)21)6-4-2-1-3-5-6/h1-5,18-23H,17H2. The van der Waals surface area contributed by atoms with Gasteiger partial charge in [0.2, 0.25) is 0 Å². The first kappa shape index (κ1) is 14.5. The van der Waals surface area contributed by atoms with Crippen LogP contribution in [0.4, 0.5) is 5.69 Å². The van der Waals surface area contributed by atoms with Gasteiger partial charge in [-0.15, -0.1) is 0 Å². The number of hydrogen-bond donors (Lipinski definition) is 7. The predicted molar refractivity (Wildman–Crippen MR) is 83.8 cm³/mol. The second-order valence-corrected chi connectivity index (χ2v) is 5.00. The van der Waals surface area contributed by atoms with Crippen LogP contribution >= 0.6 is 0 Å². The van der Waals surface area contributed by atoms with E-state index >= 15 is 0 Å². The van der Waals surface area contributed by atoms with Gasteiger partial charge in [0.05, 0.1) is 16.3 Å². The second kappa shape index (κ2) is 4.77. The first-order valence-electron chi connectivity index (χ1n) is 6.54. The maximum absolute atomic E-state index is 10.4. The second-order valence-electron chi connectivity index (χ2n) is 5.00. The van der Waals surface area contributed by atoms with Crippen molar-refractivity contribution in [2.24, 2.45) is 0 Å². The summed E-state index contributed by atoms with van der Waals surface area (Å²) >= 11 is 0. The van der Waals surface area contributed by atoms with Crippen molar-refractivity contribution in [3.63, 3.8) is 0 Å². The first-order chi connectivity index (χ1) is 10.9. The molecule has 0 unspecified atom stereocenters. The summed E-state index contributed by atoms with van der Waals surface area (Å²) < 4.78 is 0. The molecule has 0 aliphatic rings. The summed E-state index contributed by atoms with van der Waals surface area (Å²) in [6, 6.07) is 8.14. The van der Waals surface area contributed by atoms with Gasteiger partial charge in [-0.2, -0.15) is 0 Å². The van der Waals surface area contributed by atoms with Crippen LogP contribution in [0.25, 0.3) is 21.9 Å². The highest BCUT2D eigenvalue weighted by Gasteiger charge is 2.28. The molecule has 0 atom stereocenters. The van der Waals surface area contributed by atoms with E-state index in [0.717, 1.165) is 0 Å². The third kappa shape index (κ3) is 1.83. The van der Waals surface area contributed by atoms with Crippen LogP contribution in [0.15, 0.2) is 30.3 Å². The van der Waals surface area contributed by atoms with Gasteiger partial charge in [-0.3, -0.25) is 0 Å². The molecule has 0 aliphatic heterocycles. The van der Waals surface area contributed by atoms with Gasteiger partial charge in [-0.1, -0.05) is 30.3 Å². The monoisotopic (exact) mass is 315 g/mol. The van der Waals surface area contributed by atoms with E-state index < -0.39 is 51.0 Å². The van der Waals surface area contributed by atoms with Crippen molar-refractivity contribution in [2.75, 3.05) is 5.73 Å². The van der Waals surface area contributed by atoms with E-state index in [9.17, 15) is 30.6 Å². The molecule has 0 bridgehead atoms. The lowest BCUT2D eigenvalue weighted by atomic mass is 9.95. The average molecular weight is 315 g/mol. The topological polar surface area (TPSA) is 147 Å². The molecule has 0 heterocycles. The number of aromatic hydroxyl groups is 6. The molecule has 118 valence electrons. The number of benzene rings is 3. The minimum absolute atomic E-state index is 0.158. The number of anilines is 1. The quantitative estimate of drug-likeness (QED) is 0.207. The smallest absolute Gasteiger partial charge is 0.185 e. The molecule has 0 radical (unpaired) electrons. The van der Waals surface area contributed by atoms with Crippen molar-refractivity contribution in [3.05, 3.63) is 30.3 Å². The van der Waals surface area contributed by atoms with Gasteiger partial charge < -0.3 is 36.4 Å². The third-order valence-electron chi connectivity index (χ3n) is 3.69. The summed E-state index contributed by atoms with van der Waals surface area (Å²) in [5, 5.41) is 59.7. The van der Waals surface area contributed by atoms with Gasteiger partial charge in [0.1, 0.15) is 11.4 Å². The minimum Gasteiger partial charge on any atom is -0.506 e. The number of rotatable bonds is 1. The van der Waals surface area contributed by atoms with Gasteiger partial charge in [0.15, 0.2) is 28.7 Å². The predicted octanol–water partition coefficient (Wildman–Crippen LogP) is 2.32. The molecule has 0 saturated heterocycles. The van der Waals surface area contributed by atoms with Crippen LogP contribution < -0.4 is 5.73 Å². The zero-order chi connectivity index (χ0) is 16.9. The van der Waals surface area contributed by atoms with E-state index in [0.29, 0.717) is 5.56 Å². The number of hydrogen-bond acceptors (Lipinski definition) is 7. The van der Waals surface area contributed by atoms with E-state index in [1.54, 1.807) is 30.3 Å². The molecule has 0 fully saturated rings. The lowest BCUT2D eigenvalue weighted by Gasteiger charge is -2.16. The van der Waals surface area contributed by atoms with Gasteiger partial charge in [-0.05, 0) is 5.56 Å². The Kier molecular flexibility index (Phi) is 3.00. The van der Waals surface area contributed by atoms with Crippen molar-refractivity contribution < 1.29 is 30.6 Å². The Balaban J connectivity index is 2.57. The fourth-order valence-corrected chi connectivity index (χ4v) is 2.54. The van der Waals surface area contributed by atoms with Gasteiger partial charge >= 0.3 is 0 Å². The molecular formula is C16H13NO6. The average Bonchev–Trinajstić information content (AvgIpc) is 2.55. The molecule has 0 amide bonds. The first-order valence-corrected chi connectivity index (χ1v) is 6.54. The van der Waals surface area contributed by atoms with Crippen molar-refractivity contribution in [1.29, 1.82) is 0 Å². The summed E-state index contributed by atoms with van der Waals surface area (Å²) in [5.74, 6) is -4.52. The molecule has 7 heteroatoms. The van der Waals surface area contributed by atoms with Gasteiger partial charge in [-0.25, -0.2) is 0 Å². The fraction of sp³-hybridized carbons (Fsp3) is 0. The molecule has 3 rings (SSSR count). The molecule has 3 aromatic carbocycles. The molecule has 0 spiro atoms. The van der Waals surface area contributed by atoms with E-state index in [-0.39, 0.29) is 5.56 Å². The number of nitrogens with two attached hydrogens (primary N) is 1. The van der Waals surface area contributed by atoms with E-state index in [1.165, 1.54) is 0 Å². The zero-order valence-corrected chi connectivity index (χ0v) is 11.6. The van der Waals surface area contributed by atoms with Gasteiger partial charge in [0.25, 0.3) is 0 Å². The van der Waals surface area contributed by atoms with Gasteiger partial charge in [0, 0.05) is 0 Å². The van der Waals surface area contributed by atoms with Crippen molar-refractivity contribution >= 4 is 16.5 Å². The number of nitrogen functional groups attached to an aromatic ring is 1. The molecule has 0 saturated carbocycles. The molecule has 3 aromatic rings. The maximum Gasteiger partial charge on any atom is 0.185 e. The molecule has 0 aromatic heterocycles. The summed E-state index contributed by atoms with van der Waals surface area (Å²) in [7, 11) is 0. The summed E-state index contributed by atoms with van der Waals surface area (Å²) in [4.78, 5) is 0. The molecule has 8 N–H and O–H groups in total. The Morgan fingerprint density at radius 2 is 1.09 bits per heavy atom. The van der Waals surface area contributed by atoms with E-state index in [2.05, 4.69) is 0 Å². The van der Waals surface area contributed by atoms with E-state index in [1.807, 2.05) is 0 Å². The van der Waals surface area contributed by atoms with Crippen molar-refractivity contribution in [2.45, 2.75) is 0 Å². The van der Waals surface area contributed by atoms with Crippen molar-refractivity contribution in [1.82, 2.24) is 0 Å². The number of phenolic OH excluding ortho intramolecular Hbond substituents is 6. The fourth-order valence-electron chi connectivity index (χ4n) is 2.54. The van der Waals surface area contributed by atoms with E-state index in [4.69, 9.17) is 5.73 Å². The van der Waals surface area contributed by atoms with Crippen LogP contribution in [-0.2, 0) is 0 Å². The Labute approximate surface area is 129 Å². The molecule has 23 heavy (non-hydrogen) atoms. The lowest BCUT2D eigenvalue weighted by Crippen LogP contribution is -1.92. The molecule has 0 aliphatic carbocycles. The summed E-state index contributed by atoms with van der Waals surface area (Å²) in [6.45, 7) is 0. The number of phenols is 6. The number of fused-ring (bicyclic) bond motifs is 1. The Morgan fingerprint density at radius 3 is 1.70 bits per heavy atom. The van der Waals surface area contributed by atoms with Crippen LogP contribution in [0, 0.1) is 0 Å². The highest BCUT2D eigenvalue weighted by Crippen LogP contribution is 2.58. The van der Waals surface area contributed by atoms with Crippen LogP contribution in [-0.4, -0.2) is 30.6 Å². The van der Waals surface area contributed by atoms with Crippen LogP contribution in [0.3, 0.4) is 0 Å².